The van der Waals surface area contributed by atoms with Crippen LogP contribution in [0.3, 0.4) is 0 Å². The van der Waals surface area contributed by atoms with Crippen molar-refractivity contribution in [1.82, 2.24) is 0 Å². The van der Waals surface area contributed by atoms with Crippen molar-refractivity contribution in [3.63, 3.8) is 0 Å². The number of halogens is 1. The zero-order valence-corrected chi connectivity index (χ0v) is 44.8. The van der Waals surface area contributed by atoms with Gasteiger partial charge in [-0.05, 0) is 156 Å². The van der Waals surface area contributed by atoms with Gasteiger partial charge >= 0.3 is 6.98 Å². The third-order valence-corrected chi connectivity index (χ3v) is 15.7. The summed E-state index contributed by atoms with van der Waals surface area (Å²) in [6.45, 7) is 20.6. The molecule has 3 heterocycles. The number of ether oxygens (including phenoxy) is 1. The van der Waals surface area contributed by atoms with E-state index in [0.29, 0.717) is 0 Å². The average Bonchev–Trinajstić information content (AvgIpc) is 3.73. The van der Waals surface area contributed by atoms with Gasteiger partial charge in [-0.3, -0.25) is 0 Å². The smallest absolute Gasteiger partial charge is 0.422 e. The molecule has 0 radical (unpaired) electrons. The SMILES string of the molecule is CC(C)(C)c1ccc(N(c2ccc3c(c2)N2B4c5c(cc(C(C)(C)C)cc5-c5ccccc52)-c2ccccc2N43)c2cc(C(C)(C)C)cc(Oc3cccc(N(c4ccccc4)c4ccccc4)c3)c2Br)cc1. The van der Waals surface area contributed by atoms with Gasteiger partial charge in [-0.1, -0.05) is 165 Å². The first-order valence-corrected chi connectivity index (χ1v) is 26.3. The lowest BCUT2D eigenvalue weighted by molar-refractivity contribution is 0.476. The van der Waals surface area contributed by atoms with Crippen LogP contribution in [0.5, 0.6) is 11.5 Å². The summed E-state index contributed by atoms with van der Waals surface area (Å²) >= 11 is 4.23. The summed E-state index contributed by atoms with van der Waals surface area (Å²) in [5, 5.41) is 0. The molecule has 5 nitrogen and oxygen atoms in total. The van der Waals surface area contributed by atoms with Crippen molar-refractivity contribution in [2.75, 3.05) is 19.4 Å². The number of anilines is 10. The van der Waals surface area contributed by atoms with E-state index >= 15 is 0 Å². The van der Waals surface area contributed by atoms with Crippen LogP contribution in [0.4, 0.5) is 56.9 Å². The highest BCUT2D eigenvalue weighted by atomic mass is 79.9. The van der Waals surface area contributed by atoms with Gasteiger partial charge in [0.1, 0.15) is 11.5 Å². The molecule has 9 aromatic carbocycles. The average molecular weight is 1020 g/mol. The molecule has 9 aromatic rings. The minimum absolute atomic E-state index is 0.0126. The molecule has 3 aliphatic heterocycles. The molecule has 0 aromatic heterocycles. The van der Waals surface area contributed by atoms with Crippen molar-refractivity contribution in [3.05, 3.63) is 221 Å². The Labute approximate surface area is 440 Å². The van der Waals surface area contributed by atoms with Crippen molar-refractivity contribution in [1.29, 1.82) is 0 Å². The van der Waals surface area contributed by atoms with Gasteiger partial charge in [0.15, 0.2) is 0 Å². The van der Waals surface area contributed by atoms with Crippen LogP contribution in [0.2, 0.25) is 0 Å². The maximum absolute atomic E-state index is 7.13. The van der Waals surface area contributed by atoms with Gasteiger partial charge < -0.3 is 24.2 Å². The first-order valence-electron chi connectivity index (χ1n) is 25.6. The first kappa shape index (κ1) is 46.6. The van der Waals surface area contributed by atoms with Crippen LogP contribution >= 0.6 is 15.9 Å². The number of hydrogen-bond acceptors (Lipinski definition) is 5. The third-order valence-electron chi connectivity index (χ3n) is 14.9. The molecule has 0 saturated heterocycles. The third kappa shape index (κ3) is 8.00. The summed E-state index contributed by atoms with van der Waals surface area (Å²) < 4.78 is 7.99. The zero-order valence-electron chi connectivity index (χ0n) is 43.2. The summed E-state index contributed by atoms with van der Waals surface area (Å²) in [5.41, 5.74) is 21.1. The topological polar surface area (TPSA) is 22.2 Å². The molecule has 0 fully saturated rings. The largest absolute Gasteiger partial charge is 0.456 e. The number of rotatable bonds is 8. The number of hydrogen-bond donors (Lipinski definition) is 0. The van der Waals surface area contributed by atoms with E-state index in [-0.39, 0.29) is 23.2 Å². The fraction of sp³-hybridized carbons (Fsp3) is 0.182. The Morgan fingerprint density at radius 1 is 0.384 bits per heavy atom. The van der Waals surface area contributed by atoms with E-state index in [4.69, 9.17) is 4.74 Å². The molecular weight excluding hydrogens is 955 g/mol. The van der Waals surface area contributed by atoms with E-state index in [1.165, 1.54) is 55.9 Å². The first-order chi connectivity index (χ1) is 35.0. The summed E-state index contributed by atoms with van der Waals surface area (Å²) in [6.07, 6.45) is 0. The van der Waals surface area contributed by atoms with Crippen molar-refractivity contribution >= 4 is 85.2 Å². The van der Waals surface area contributed by atoms with E-state index < -0.39 is 0 Å². The van der Waals surface area contributed by atoms with Crippen LogP contribution in [0.1, 0.15) is 79.0 Å². The van der Waals surface area contributed by atoms with Gasteiger partial charge in [0.25, 0.3) is 0 Å². The van der Waals surface area contributed by atoms with Crippen molar-refractivity contribution < 1.29 is 4.74 Å². The van der Waals surface area contributed by atoms with E-state index in [1.807, 2.05) is 6.07 Å². The van der Waals surface area contributed by atoms with Gasteiger partial charge in [-0.15, -0.1) is 0 Å². The molecule has 12 rings (SSSR count). The predicted molar refractivity (Wildman–Crippen MR) is 313 cm³/mol. The molecule has 0 aliphatic carbocycles. The number of para-hydroxylation sites is 4. The molecule has 0 N–H and O–H groups in total. The van der Waals surface area contributed by atoms with Gasteiger partial charge in [-0.2, -0.15) is 0 Å². The van der Waals surface area contributed by atoms with Crippen LogP contribution in [-0.4, -0.2) is 6.98 Å². The highest BCUT2D eigenvalue weighted by molar-refractivity contribution is 9.10. The normalized spacial score (nSPS) is 13.3. The Morgan fingerprint density at radius 3 is 1.44 bits per heavy atom. The number of benzene rings is 9. The summed E-state index contributed by atoms with van der Waals surface area (Å²) in [5.74, 6) is 1.47. The van der Waals surface area contributed by atoms with Crippen LogP contribution in [0.15, 0.2) is 205 Å². The molecule has 73 heavy (non-hydrogen) atoms. The highest BCUT2D eigenvalue weighted by Gasteiger charge is 2.52. The standard InChI is InChI=1S/C66H60BBrN4O/c1-64(2,3)43-31-33-48(34-32-43)70(60-39-45(66(7,8)9)40-61(63(60)68)73-51-26-20-25-49(41-51)69(46-21-12-10-13-22-46)47-23-14-11-15-24-47)50-35-36-58-59(42-50)72-57-30-19-17-28-53(57)55-38-44(65(4,5)6)37-54-52-27-16-18-29-56(52)71(58)67(72)62(54)55/h10-42H,1-9H3. The van der Waals surface area contributed by atoms with Crippen LogP contribution < -0.4 is 29.6 Å². The molecule has 360 valence electrons. The number of fused-ring (bicyclic) bond motifs is 9. The molecule has 0 atom stereocenters. The molecule has 7 heteroatoms. The number of nitrogens with zero attached hydrogens (tertiary/aromatic N) is 4. The van der Waals surface area contributed by atoms with Crippen molar-refractivity contribution in [2.45, 2.75) is 78.6 Å². The van der Waals surface area contributed by atoms with Crippen LogP contribution in [0.25, 0.3) is 22.3 Å². The lowest BCUT2D eigenvalue weighted by Crippen LogP contribution is -2.58. The molecule has 3 aliphatic rings. The van der Waals surface area contributed by atoms with Crippen LogP contribution in [-0.2, 0) is 16.2 Å². The summed E-state index contributed by atoms with van der Waals surface area (Å²) in [4.78, 5) is 9.87. The predicted octanol–water partition coefficient (Wildman–Crippen LogP) is 18.7. The maximum atomic E-state index is 7.13. The minimum Gasteiger partial charge on any atom is -0.456 e. The van der Waals surface area contributed by atoms with Gasteiger partial charge in [-0.25, -0.2) is 0 Å². The van der Waals surface area contributed by atoms with Gasteiger partial charge in [0, 0.05) is 57.0 Å². The quantitative estimate of drug-likeness (QED) is 0.141. The Hall–Kier alpha value is -7.48. The second-order valence-corrected chi connectivity index (χ2v) is 23.6. The molecule has 0 amide bonds. The minimum atomic E-state index is -0.210. The summed E-state index contributed by atoms with van der Waals surface area (Å²) in [6, 6.07) is 73.1. The second kappa shape index (κ2) is 17.3. The van der Waals surface area contributed by atoms with Crippen LogP contribution in [0, 0.1) is 0 Å². The van der Waals surface area contributed by atoms with Crippen molar-refractivity contribution in [2.24, 2.45) is 0 Å². The fourth-order valence-corrected chi connectivity index (χ4v) is 11.5. The Kier molecular flexibility index (Phi) is 11.1. The molecule has 0 saturated carbocycles. The fourth-order valence-electron chi connectivity index (χ4n) is 11.0. The van der Waals surface area contributed by atoms with E-state index in [9.17, 15) is 0 Å². The Bertz CT molecular complexity index is 3540. The Morgan fingerprint density at radius 2 is 0.863 bits per heavy atom. The second-order valence-electron chi connectivity index (χ2n) is 22.9. The maximum Gasteiger partial charge on any atom is 0.422 e. The molecule has 0 bridgehead atoms. The molecule has 0 unspecified atom stereocenters. The van der Waals surface area contributed by atoms with E-state index in [2.05, 4.69) is 292 Å². The van der Waals surface area contributed by atoms with Crippen molar-refractivity contribution in [3.8, 4) is 33.8 Å². The van der Waals surface area contributed by atoms with Gasteiger partial charge in [0.2, 0.25) is 0 Å². The summed E-state index contributed by atoms with van der Waals surface area (Å²) in [7, 11) is 0. The Balaban J connectivity index is 1.04. The van der Waals surface area contributed by atoms with E-state index in [1.54, 1.807) is 0 Å². The van der Waals surface area contributed by atoms with Gasteiger partial charge in [0.05, 0.1) is 21.5 Å². The molecule has 0 spiro atoms. The molecular formula is C66H60BBrN4O. The lowest BCUT2D eigenvalue weighted by Gasteiger charge is -2.42. The monoisotopic (exact) mass is 1010 g/mol. The van der Waals surface area contributed by atoms with E-state index in [0.717, 1.165) is 61.3 Å². The highest BCUT2D eigenvalue weighted by Crippen LogP contribution is 2.58. The lowest BCUT2D eigenvalue weighted by atomic mass is 9.54. The zero-order chi connectivity index (χ0) is 50.6.